The van der Waals surface area contributed by atoms with E-state index in [1.54, 1.807) is 7.11 Å². The minimum absolute atomic E-state index is 0.235. The van der Waals surface area contributed by atoms with E-state index in [0.717, 1.165) is 25.0 Å². The van der Waals surface area contributed by atoms with E-state index in [2.05, 4.69) is 21.8 Å². The normalized spacial score (nSPS) is 18.0. The van der Waals surface area contributed by atoms with Gasteiger partial charge in [0.25, 0.3) is 0 Å². The van der Waals surface area contributed by atoms with Crippen LogP contribution in [-0.4, -0.2) is 28.8 Å². The Morgan fingerprint density at radius 3 is 3.13 bits per heavy atom. The molecule has 0 spiro atoms. The monoisotopic (exact) mass is 209 g/mol. The highest BCUT2D eigenvalue weighted by Crippen LogP contribution is 2.19. The number of hydrogen-bond donors (Lipinski definition) is 1. The van der Waals surface area contributed by atoms with Crippen LogP contribution in [0, 0.1) is 0 Å². The molecule has 0 radical (unpaired) electrons. The molecule has 0 aliphatic heterocycles. The van der Waals surface area contributed by atoms with Gasteiger partial charge < -0.3 is 14.6 Å². The third-order valence-corrected chi connectivity index (χ3v) is 2.78. The quantitative estimate of drug-likeness (QED) is 0.764. The van der Waals surface area contributed by atoms with E-state index >= 15 is 0 Å². The zero-order valence-corrected chi connectivity index (χ0v) is 9.44. The molecular weight excluding hydrogens is 190 g/mol. The highest BCUT2D eigenvalue weighted by atomic mass is 16.5. The molecule has 1 heterocycles. The van der Waals surface area contributed by atoms with Gasteiger partial charge in [0.1, 0.15) is 5.82 Å². The maximum atomic E-state index is 5.25. The van der Waals surface area contributed by atoms with Crippen LogP contribution in [0.2, 0.25) is 0 Å². The molecule has 0 bridgehead atoms. The van der Waals surface area contributed by atoms with Gasteiger partial charge in [-0.15, -0.1) is 0 Å². The summed E-state index contributed by atoms with van der Waals surface area (Å²) >= 11 is 0. The van der Waals surface area contributed by atoms with E-state index in [1.165, 1.54) is 12.8 Å². The van der Waals surface area contributed by atoms with Crippen molar-refractivity contribution in [3.63, 3.8) is 0 Å². The molecule has 15 heavy (non-hydrogen) atoms. The molecule has 1 N–H and O–H groups in total. The largest absolute Gasteiger partial charge is 0.380 e. The van der Waals surface area contributed by atoms with Gasteiger partial charge in [0, 0.05) is 32.1 Å². The summed E-state index contributed by atoms with van der Waals surface area (Å²) in [6.45, 7) is 3.81. The highest BCUT2D eigenvalue weighted by molar-refractivity contribution is 4.94. The van der Waals surface area contributed by atoms with Crippen molar-refractivity contribution in [3.05, 3.63) is 18.2 Å². The third kappa shape index (κ3) is 3.04. The van der Waals surface area contributed by atoms with Gasteiger partial charge in [0.2, 0.25) is 0 Å². The predicted octanol–water partition coefficient (Wildman–Crippen LogP) is 1.17. The molecule has 1 atom stereocenters. The summed E-state index contributed by atoms with van der Waals surface area (Å²) < 4.78 is 7.40. The minimum Gasteiger partial charge on any atom is -0.380 e. The molecule has 0 aromatic carbocycles. The van der Waals surface area contributed by atoms with Gasteiger partial charge in [0.05, 0.1) is 12.6 Å². The molecule has 1 aromatic rings. The van der Waals surface area contributed by atoms with Crippen molar-refractivity contribution in [3.8, 4) is 0 Å². The Morgan fingerprint density at radius 2 is 2.47 bits per heavy atom. The first kappa shape index (κ1) is 10.6. The van der Waals surface area contributed by atoms with Crippen molar-refractivity contribution in [2.45, 2.75) is 45.0 Å². The number of rotatable bonds is 6. The predicted molar refractivity (Wildman–Crippen MR) is 58.6 cm³/mol. The van der Waals surface area contributed by atoms with Crippen molar-refractivity contribution in [1.82, 2.24) is 14.9 Å². The molecule has 4 heteroatoms. The van der Waals surface area contributed by atoms with Crippen LogP contribution in [0.4, 0.5) is 0 Å². The first-order chi connectivity index (χ1) is 7.29. The standard InChI is InChI=1S/C11H19N3O/c1-9(15-2)8-14-6-5-12-11(14)7-13-10-3-4-10/h5-6,9-10,13H,3-4,7-8H2,1-2H3. The summed E-state index contributed by atoms with van der Waals surface area (Å²) in [7, 11) is 1.74. The molecule has 1 fully saturated rings. The van der Waals surface area contributed by atoms with Crippen molar-refractivity contribution >= 4 is 0 Å². The summed E-state index contributed by atoms with van der Waals surface area (Å²) in [5.41, 5.74) is 0. The summed E-state index contributed by atoms with van der Waals surface area (Å²) in [4.78, 5) is 4.35. The van der Waals surface area contributed by atoms with Crippen LogP contribution in [0.25, 0.3) is 0 Å². The molecule has 1 saturated carbocycles. The number of methoxy groups -OCH3 is 1. The van der Waals surface area contributed by atoms with Crippen molar-refractivity contribution < 1.29 is 4.74 Å². The molecular formula is C11H19N3O. The maximum absolute atomic E-state index is 5.25. The van der Waals surface area contributed by atoms with Gasteiger partial charge in [-0.25, -0.2) is 4.98 Å². The molecule has 1 unspecified atom stereocenters. The van der Waals surface area contributed by atoms with Crippen molar-refractivity contribution in [2.75, 3.05) is 7.11 Å². The Morgan fingerprint density at radius 1 is 1.67 bits per heavy atom. The van der Waals surface area contributed by atoms with Crippen molar-refractivity contribution in [2.24, 2.45) is 0 Å². The van der Waals surface area contributed by atoms with Crippen molar-refractivity contribution in [1.29, 1.82) is 0 Å². The number of ether oxygens (including phenoxy) is 1. The molecule has 0 saturated heterocycles. The van der Waals surface area contributed by atoms with Gasteiger partial charge in [-0.1, -0.05) is 0 Å². The summed E-state index contributed by atoms with van der Waals surface area (Å²) in [6, 6.07) is 0.731. The Hall–Kier alpha value is -0.870. The van der Waals surface area contributed by atoms with E-state index in [-0.39, 0.29) is 6.10 Å². The van der Waals surface area contributed by atoms with E-state index in [1.807, 2.05) is 12.4 Å². The second-order valence-electron chi connectivity index (χ2n) is 4.20. The molecule has 84 valence electrons. The third-order valence-electron chi connectivity index (χ3n) is 2.78. The summed E-state index contributed by atoms with van der Waals surface area (Å²) in [6.07, 6.45) is 6.73. The van der Waals surface area contributed by atoms with E-state index in [4.69, 9.17) is 4.74 Å². The first-order valence-corrected chi connectivity index (χ1v) is 5.56. The topological polar surface area (TPSA) is 39.1 Å². The number of aromatic nitrogens is 2. The fraction of sp³-hybridized carbons (Fsp3) is 0.727. The van der Waals surface area contributed by atoms with Gasteiger partial charge in [-0.05, 0) is 19.8 Å². The average molecular weight is 209 g/mol. The lowest BCUT2D eigenvalue weighted by Gasteiger charge is -2.13. The average Bonchev–Trinajstić information content (AvgIpc) is 2.97. The van der Waals surface area contributed by atoms with Crippen LogP contribution in [0.5, 0.6) is 0 Å². The number of nitrogens with zero attached hydrogens (tertiary/aromatic N) is 2. The van der Waals surface area contributed by atoms with E-state index in [0.29, 0.717) is 0 Å². The Labute approximate surface area is 90.6 Å². The molecule has 1 aromatic heterocycles. The van der Waals surface area contributed by atoms with Gasteiger partial charge in [-0.2, -0.15) is 0 Å². The van der Waals surface area contributed by atoms with Gasteiger partial charge in [0.15, 0.2) is 0 Å². The number of hydrogen-bond acceptors (Lipinski definition) is 3. The van der Waals surface area contributed by atoms with Crippen LogP contribution in [0.1, 0.15) is 25.6 Å². The first-order valence-electron chi connectivity index (χ1n) is 5.56. The zero-order chi connectivity index (χ0) is 10.7. The van der Waals surface area contributed by atoms with Crippen LogP contribution >= 0.6 is 0 Å². The summed E-state index contributed by atoms with van der Waals surface area (Å²) in [5.74, 6) is 1.10. The van der Waals surface area contributed by atoms with Crippen LogP contribution in [0.3, 0.4) is 0 Å². The Balaban J connectivity index is 1.88. The van der Waals surface area contributed by atoms with Gasteiger partial charge >= 0.3 is 0 Å². The Kier molecular flexibility index (Phi) is 3.38. The SMILES string of the molecule is COC(C)Cn1ccnc1CNC1CC1. The molecule has 1 aliphatic rings. The number of nitrogens with one attached hydrogen (secondary N) is 1. The minimum atomic E-state index is 0.235. The van der Waals surface area contributed by atoms with Gasteiger partial charge in [-0.3, -0.25) is 0 Å². The zero-order valence-electron chi connectivity index (χ0n) is 9.44. The number of imidazole rings is 1. The van der Waals surface area contributed by atoms with Crippen LogP contribution in [0.15, 0.2) is 12.4 Å². The fourth-order valence-electron chi connectivity index (χ4n) is 1.55. The Bertz CT molecular complexity index is 307. The van der Waals surface area contributed by atoms with E-state index < -0.39 is 0 Å². The maximum Gasteiger partial charge on any atom is 0.122 e. The molecule has 2 rings (SSSR count). The fourth-order valence-corrected chi connectivity index (χ4v) is 1.55. The smallest absolute Gasteiger partial charge is 0.122 e. The highest BCUT2D eigenvalue weighted by Gasteiger charge is 2.20. The molecule has 0 amide bonds. The second kappa shape index (κ2) is 4.77. The van der Waals surface area contributed by atoms with Crippen LogP contribution in [-0.2, 0) is 17.8 Å². The van der Waals surface area contributed by atoms with E-state index in [9.17, 15) is 0 Å². The molecule has 1 aliphatic carbocycles. The lowest BCUT2D eigenvalue weighted by atomic mass is 10.4. The summed E-state index contributed by atoms with van der Waals surface area (Å²) in [5, 5.41) is 3.47. The molecule has 4 nitrogen and oxygen atoms in total. The lowest BCUT2D eigenvalue weighted by molar-refractivity contribution is 0.102. The lowest BCUT2D eigenvalue weighted by Crippen LogP contribution is -2.21. The van der Waals surface area contributed by atoms with Crippen LogP contribution < -0.4 is 5.32 Å². The second-order valence-corrected chi connectivity index (χ2v) is 4.20.